The second-order valence-electron chi connectivity index (χ2n) is 21.9. The Morgan fingerprint density at radius 2 is 1.64 bits per heavy atom. The van der Waals surface area contributed by atoms with Gasteiger partial charge in [0.15, 0.2) is 26.6 Å². The van der Waals surface area contributed by atoms with Gasteiger partial charge in [-0.1, -0.05) is 74.3 Å². The number of fused-ring (bicyclic) bond motifs is 2. The quantitative estimate of drug-likeness (QED) is 0.0651. The summed E-state index contributed by atoms with van der Waals surface area (Å²) in [6, 6.07) is 6.59. The molecule has 0 spiro atoms. The number of hydrogen-bond acceptors (Lipinski definition) is 10. The van der Waals surface area contributed by atoms with Crippen molar-refractivity contribution in [3.8, 4) is 35.0 Å². The normalized spacial score (nSPS) is 21.0. The fourth-order valence-electron chi connectivity index (χ4n) is 10.4. The lowest BCUT2D eigenvalue weighted by molar-refractivity contribution is 0.0136. The molecule has 0 amide bonds. The van der Waals surface area contributed by atoms with E-state index >= 15 is 4.39 Å². The van der Waals surface area contributed by atoms with Gasteiger partial charge in [-0.25, -0.2) is 13.2 Å². The molecule has 1 saturated carbocycles. The van der Waals surface area contributed by atoms with Gasteiger partial charge in [-0.2, -0.15) is 15.0 Å². The van der Waals surface area contributed by atoms with E-state index in [4.69, 9.17) is 38.3 Å². The summed E-state index contributed by atoms with van der Waals surface area (Å²) < 4.78 is 79.3. The van der Waals surface area contributed by atoms with E-state index in [2.05, 4.69) is 103 Å². The topological polar surface area (TPSA) is 96.2 Å². The van der Waals surface area contributed by atoms with Gasteiger partial charge in [0.05, 0.1) is 17.7 Å². The van der Waals surface area contributed by atoms with Gasteiger partial charge in [-0.15, -0.1) is 5.54 Å². The molecule has 66 heavy (non-hydrogen) atoms. The standard InChI is InChI=1S/C50H73F3N6O5Si2/c1-32(2)66(33(3)4,34(5)6)24-21-39-40(51)20-19-35-25-38(62-31-60-12)26-41(42(35)39)63-47-55-44-43(59(47)36-17-15-18-36)45(56-46(54-44)61-28-37-27-50(52,53)30-57(37)11)58-23-16-22-49(10,29-58)64-65(13,14)48(7,8)9/h19-20,25-26,32-34,36-37H,15-18,22-23,27-31H2,1-14H3/t37-,49+/m0/s1. The van der Waals surface area contributed by atoms with Crippen LogP contribution in [0.4, 0.5) is 19.0 Å². The van der Waals surface area contributed by atoms with Crippen LogP contribution in [-0.4, -0.2) is 106 Å². The molecule has 0 radical (unpaired) electrons. The third kappa shape index (κ3) is 9.98. The van der Waals surface area contributed by atoms with Gasteiger partial charge < -0.3 is 28.3 Å². The van der Waals surface area contributed by atoms with Crippen LogP contribution in [0.3, 0.4) is 0 Å². The van der Waals surface area contributed by atoms with Crippen LogP contribution in [0.25, 0.3) is 21.9 Å². The maximum absolute atomic E-state index is 16.4. The van der Waals surface area contributed by atoms with Gasteiger partial charge in [0.2, 0.25) is 0 Å². The van der Waals surface area contributed by atoms with Crippen molar-refractivity contribution in [1.29, 1.82) is 0 Å². The van der Waals surface area contributed by atoms with Gasteiger partial charge in [0, 0.05) is 50.2 Å². The first-order valence-corrected chi connectivity index (χ1v) is 29.1. The van der Waals surface area contributed by atoms with E-state index < -0.39 is 39.8 Å². The maximum atomic E-state index is 16.4. The molecule has 0 unspecified atom stereocenters. The number of likely N-dealkylation sites (tertiary alicyclic amines) is 1. The number of halogens is 3. The van der Waals surface area contributed by atoms with Crippen LogP contribution >= 0.6 is 0 Å². The first-order chi connectivity index (χ1) is 30.9. The van der Waals surface area contributed by atoms with E-state index in [0.29, 0.717) is 69.0 Å². The second kappa shape index (κ2) is 18.9. The van der Waals surface area contributed by atoms with Gasteiger partial charge >= 0.3 is 12.0 Å². The predicted molar refractivity (Wildman–Crippen MR) is 262 cm³/mol. The fourth-order valence-corrected chi connectivity index (χ4v) is 17.3. The number of benzene rings is 2. The molecule has 3 fully saturated rings. The molecule has 4 heterocycles. The third-order valence-electron chi connectivity index (χ3n) is 15.0. The minimum Gasteiger partial charge on any atom is -0.467 e. The van der Waals surface area contributed by atoms with Gasteiger partial charge in [-0.05, 0) is 98.4 Å². The van der Waals surface area contributed by atoms with Crippen molar-refractivity contribution in [3.05, 3.63) is 35.6 Å². The van der Waals surface area contributed by atoms with Gasteiger partial charge in [0.1, 0.15) is 37.5 Å². The van der Waals surface area contributed by atoms with Crippen LogP contribution < -0.4 is 19.1 Å². The molecule has 1 aliphatic carbocycles. The first-order valence-electron chi connectivity index (χ1n) is 23.9. The number of piperidine rings is 1. The van der Waals surface area contributed by atoms with Crippen LogP contribution in [0.5, 0.6) is 23.5 Å². The zero-order valence-corrected chi connectivity index (χ0v) is 43.8. The number of imidazole rings is 1. The van der Waals surface area contributed by atoms with E-state index in [1.165, 1.54) is 6.07 Å². The largest absolute Gasteiger partial charge is 0.467 e. The summed E-state index contributed by atoms with van der Waals surface area (Å²) in [6.07, 6.45) is 4.21. The Kier molecular flexibility index (Phi) is 14.3. The Morgan fingerprint density at radius 3 is 2.23 bits per heavy atom. The van der Waals surface area contributed by atoms with E-state index in [1.54, 1.807) is 31.2 Å². The van der Waals surface area contributed by atoms with Crippen molar-refractivity contribution >= 4 is 44.1 Å². The summed E-state index contributed by atoms with van der Waals surface area (Å²) >= 11 is 0. The number of ether oxygens (including phenoxy) is 4. The number of hydrogen-bond donors (Lipinski definition) is 0. The van der Waals surface area contributed by atoms with Crippen molar-refractivity contribution in [2.24, 2.45) is 0 Å². The Bertz CT molecular complexity index is 2440. The average molecular weight is 951 g/mol. The van der Waals surface area contributed by atoms with Crippen LogP contribution in [0.15, 0.2) is 24.3 Å². The van der Waals surface area contributed by atoms with Crippen molar-refractivity contribution in [1.82, 2.24) is 24.4 Å². The Morgan fingerprint density at radius 1 is 0.939 bits per heavy atom. The molecule has 0 N–H and O–H groups in total. The summed E-state index contributed by atoms with van der Waals surface area (Å²) in [7, 11) is -1.23. The molecule has 16 heteroatoms. The molecule has 0 bridgehead atoms. The molecule has 2 aliphatic heterocycles. The number of nitrogens with zero attached hydrogens (tertiary/aromatic N) is 6. The van der Waals surface area contributed by atoms with Crippen LogP contribution in [0.1, 0.15) is 119 Å². The molecule has 7 rings (SSSR count). The number of alkyl halides is 2. The second-order valence-corrected chi connectivity index (χ2v) is 32.2. The summed E-state index contributed by atoms with van der Waals surface area (Å²) in [5, 5.41) is 1.21. The number of anilines is 1. The fraction of sp³-hybridized carbons (Fsp3) is 0.660. The lowest BCUT2D eigenvalue weighted by Crippen LogP contribution is -2.55. The Balaban J connectivity index is 1.41. The van der Waals surface area contributed by atoms with Crippen molar-refractivity contribution in [3.63, 3.8) is 0 Å². The van der Waals surface area contributed by atoms with Crippen LogP contribution in [0.2, 0.25) is 34.8 Å². The molecule has 2 atom stereocenters. The van der Waals surface area contributed by atoms with E-state index in [-0.39, 0.29) is 55.0 Å². The molecular formula is C50H73F3N6O5Si2. The lowest BCUT2D eigenvalue weighted by atomic mass is 9.92. The first kappa shape index (κ1) is 50.0. The summed E-state index contributed by atoms with van der Waals surface area (Å²) in [5.41, 5.74) is 5.60. The Labute approximate surface area is 392 Å². The summed E-state index contributed by atoms with van der Waals surface area (Å²) in [4.78, 5) is 19.0. The molecule has 362 valence electrons. The average Bonchev–Trinajstić information content (AvgIpc) is 3.67. The highest BCUT2D eigenvalue weighted by atomic mass is 28.4. The highest BCUT2D eigenvalue weighted by molar-refractivity contribution is 6.90. The SMILES string of the molecule is COCOc1cc(Oc2nc3nc(OC[C@@H]4CC(F)(F)CN4C)nc(N4CCC[C@@](C)(O[Si](C)(C)C(C)(C)C)C4)c3n2C2CCC2)c2c(C#C[Si](C(C)C)(C(C)C)C(C)C)c(F)ccc2c1. The smallest absolute Gasteiger partial charge is 0.320 e. The van der Waals surface area contributed by atoms with Gasteiger partial charge in [-0.3, -0.25) is 9.47 Å². The zero-order valence-electron chi connectivity index (χ0n) is 41.8. The summed E-state index contributed by atoms with van der Waals surface area (Å²) in [6.45, 7) is 27.9. The number of likely N-dealkylation sites (N-methyl/N-ethyl adjacent to an activating group) is 1. The highest BCUT2D eigenvalue weighted by Gasteiger charge is 2.47. The van der Waals surface area contributed by atoms with E-state index in [1.807, 2.05) is 6.07 Å². The predicted octanol–water partition coefficient (Wildman–Crippen LogP) is 12.3. The summed E-state index contributed by atoms with van der Waals surface area (Å²) in [5.74, 6) is 1.59. The highest BCUT2D eigenvalue weighted by Crippen LogP contribution is 2.47. The number of aromatic nitrogens is 4. The molecule has 11 nitrogen and oxygen atoms in total. The van der Waals surface area contributed by atoms with Crippen molar-refractivity contribution < 1.29 is 36.5 Å². The minimum atomic E-state index is -2.80. The monoisotopic (exact) mass is 951 g/mol. The van der Waals surface area contributed by atoms with E-state index in [0.717, 1.165) is 32.1 Å². The van der Waals surface area contributed by atoms with Gasteiger partial charge in [0.25, 0.3) is 5.92 Å². The van der Waals surface area contributed by atoms with Crippen molar-refractivity contribution in [2.45, 2.75) is 166 Å². The number of methoxy groups -OCH3 is 1. The van der Waals surface area contributed by atoms with Crippen LogP contribution in [-0.2, 0) is 9.16 Å². The van der Waals surface area contributed by atoms with Crippen LogP contribution in [0, 0.1) is 17.3 Å². The minimum absolute atomic E-state index is 0.00537. The third-order valence-corrected chi connectivity index (χ3v) is 25.9. The molecule has 2 saturated heterocycles. The molecule has 2 aromatic heterocycles. The molecule has 4 aromatic rings. The Hall–Kier alpha value is -3.89. The number of rotatable bonds is 15. The van der Waals surface area contributed by atoms with Crippen molar-refractivity contribution in [2.75, 3.05) is 52.1 Å². The zero-order chi connectivity index (χ0) is 48.1. The lowest BCUT2D eigenvalue weighted by Gasteiger charge is -2.48. The molecule has 3 aliphatic rings. The molecule has 2 aromatic carbocycles. The maximum Gasteiger partial charge on any atom is 0.320 e. The van der Waals surface area contributed by atoms with E-state index in [9.17, 15) is 8.78 Å². The molecular weight excluding hydrogens is 878 g/mol.